The Kier molecular flexibility index (Phi) is 3.87. The molecule has 0 aliphatic carbocycles. The quantitative estimate of drug-likeness (QED) is 0.932. The van der Waals surface area contributed by atoms with Crippen molar-refractivity contribution in [2.75, 3.05) is 0 Å². The number of ether oxygens (including phenoxy) is 1. The molecule has 0 bridgehead atoms. The first-order valence-electron chi connectivity index (χ1n) is 5.41. The van der Waals surface area contributed by atoms with Crippen LogP contribution in [0.1, 0.15) is 15.9 Å². The molecule has 2 aromatic carbocycles. The number of hydrogen-bond acceptors (Lipinski definition) is 3. The minimum Gasteiger partial charge on any atom is -0.478 e. The largest absolute Gasteiger partial charge is 0.478 e. The van der Waals surface area contributed by atoms with Crippen LogP contribution in [0, 0.1) is 17.1 Å². The van der Waals surface area contributed by atoms with Crippen molar-refractivity contribution in [3.8, 4) is 17.6 Å². The molecule has 0 spiro atoms. The smallest absolute Gasteiger partial charge is 0.337 e. The summed E-state index contributed by atoms with van der Waals surface area (Å²) in [5, 5.41) is 17.5. The molecule has 0 saturated heterocycles. The Morgan fingerprint density at radius 3 is 2.60 bits per heavy atom. The number of carboxylic acid groups (broad SMARTS) is 1. The molecule has 4 nitrogen and oxygen atoms in total. The fourth-order valence-electron chi connectivity index (χ4n) is 1.51. The third-order valence-corrected chi connectivity index (χ3v) is 2.77. The molecule has 6 heteroatoms. The molecular formula is C14H7ClFNO3. The van der Waals surface area contributed by atoms with Crippen molar-refractivity contribution in [2.45, 2.75) is 0 Å². The molecule has 0 fully saturated rings. The molecule has 0 saturated carbocycles. The van der Waals surface area contributed by atoms with Crippen LogP contribution in [-0.4, -0.2) is 11.1 Å². The zero-order chi connectivity index (χ0) is 14.7. The second-order valence-electron chi connectivity index (χ2n) is 3.81. The Labute approximate surface area is 118 Å². The summed E-state index contributed by atoms with van der Waals surface area (Å²) in [7, 11) is 0. The molecular weight excluding hydrogens is 285 g/mol. The van der Waals surface area contributed by atoms with Crippen molar-refractivity contribution in [1.82, 2.24) is 0 Å². The highest BCUT2D eigenvalue weighted by atomic mass is 35.5. The zero-order valence-corrected chi connectivity index (χ0v) is 10.7. The number of benzene rings is 2. The van der Waals surface area contributed by atoms with Gasteiger partial charge in [0.1, 0.15) is 5.75 Å². The third-order valence-electron chi connectivity index (χ3n) is 2.46. The lowest BCUT2D eigenvalue weighted by Gasteiger charge is -2.08. The van der Waals surface area contributed by atoms with Crippen LogP contribution < -0.4 is 4.74 Å². The summed E-state index contributed by atoms with van der Waals surface area (Å²) in [6, 6.07) is 9.48. The van der Waals surface area contributed by atoms with Gasteiger partial charge in [-0.3, -0.25) is 0 Å². The van der Waals surface area contributed by atoms with Gasteiger partial charge in [-0.05, 0) is 30.3 Å². The van der Waals surface area contributed by atoms with E-state index in [0.717, 1.165) is 6.07 Å². The van der Waals surface area contributed by atoms with E-state index in [-0.39, 0.29) is 27.6 Å². The molecule has 0 aliphatic heterocycles. The highest BCUT2D eigenvalue weighted by Crippen LogP contribution is 2.28. The van der Waals surface area contributed by atoms with Crippen molar-refractivity contribution in [3.05, 3.63) is 58.4 Å². The fourth-order valence-corrected chi connectivity index (χ4v) is 1.76. The number of nitriles is 1. The second kappa shape index (κ2) is 5.59. The van der Waals surface area contributed by atoms with Crippen LogP contribution in [0.2, 0.25) is 5.02 Å². The number of carbonyl (C=O) groups is 1. The number of nitrogens with zero attached hydrogens (tertiary/aromatic N) is 1. The molecule has 0 heterocycles. The summed E-state index contributed by atoms with van der Waals surface area (Å²) in [4.78, 5) is 10.8. The molecule has 0 amide bonds. The standard InChI is InChI=1S/C14H7ClFNO3/c15-11-6-9(2-3-10(11)14(18)19)20-13-4-1-8(7-17)5-12(13)16/h1-6H,(H,18,19). The molecule has 0 aromatic heterocycles. The minimum absolute atomic E-state index is 0.0101. The molecule has 2 rings (SSSR count). The zero-order valence-electron chi connectivity index (χ0n) is 9.93. The summed E-state index contributed by atoms with van der Waals surface area (Å²) in [6.07, 6.45) is 0. The first-order chi connectivity index (χ1) is 9.51. The molecule has 0 unspecified atom stereocenters. The van der Waals surface area contributed by atoms with E-state index in [9.17, 15) is 9.18 Å². The molecule has 20 heavy (non-hydrogen) atoms. The normalized spacial score (nSPS) is 9.85. The van der Waals surface area contributed by atoms with Gasteiger partial charge in [-0.1, -0.05) is 11.6 Å². The van der Waals surface area contributed by atoms with Crippen LogP contribution in [-0.2, 0) is 0 Å². The van der Waals surface area contributed by atoms with Gasteiger partial charge < -0.3 is 9.84 Å². The van der Waals surface area contributed by atoms with Gasteiger partial charge >= 0.3 is 5.97 Å². The molecule has 1 N–H and O–H groups in total. The molecule has 0 radical (unpaired) electrons. The first-order valence-corrected chi connectivity index (χ1v) is 5.79. The Balaban J connectivity index is 2.29. The number of hydrogen-bond donors (Lipinski definition) is 1. The van der Waals surface area contributed by atoms with Crippen molar-refractivity contribution in [2.24, 2.45) is 0 Å². The summed E-state index contributed by atoms with van der Waals surface area (Å²) in [5.74, 6) is -1.74. The van der Waals surface area contributed by atoms with Crippen LogP contribution in [0.4, 0.5) is 4.39 Å². The van der Waals surface area contributed by atoms with Crippen LogP contribution in [0.25, 0.3) is 0 Å². The van der Waals surface area contributed by atoms with Gasteiger partial charge in [0.05, 0.1) is 22.2 Å². The van der Waals surface area contributed by atoms with E-state index in [1.165, 1.54) is 30.3 Å². The predicted octanol–water partition coefficient (Wildman–Crippen LogP) is 3.84. The van der Waals surface area contributed by atoms with E-state index in [2.05, 4.69) is 0 Å². The first kappa shape index (κ1) is 13.8. The van der Waals surface area contributed by atoms with E-state index < -0.39 is 11.8 Å². The van der Waals surface area contributed by atoms with E-state index in [1.807, 2.05) is 0 Å². The summed E-state index contributed by atoms with van der Waals surface area (Å²) in [5.41, 5.74) is 0.105. The average molecular weight is 292 g/mol. The molecule has 100 valence electrons. The predicted molar refractivity (Wildman–Crippen MR) is 69.6 cm³/mol. The van der Waals surface area contributed by atoms with Crippen LogP contribution in [0.3, 0.4) is 0 Å². The van der Waals surface area contributed by atoms with E-state index >= 15 is 0 Å². The maximum absolute atomic E-state index is 13.6. The van der Waals surface area contributed by atoms with Crippen molar-refractivity contribution in [1.29, 1.82) is 5.26 Å². The lowest BCUT2D eigenvalue weighted by Crippen LogP contribution is -1.97. The summed E-state index contributed by atoms with van der Waals surface area (Å²) < 4.78 is 18.9. The van der Waals surface area contributed by atoms with Crippen LogP contribution in [0.5, 0.6) is 11.5 Å². The number of aromatic carboxylic acids is 1. The van der Waals surface area contributed by atoms with E-state index in [1.54, 1.807) is 6.07 Å². The monoisotopic (exact) mass is 291 g/mol. The van der Waals surface area contributed by atoms with Crippen molar-refractivity contribution in [3.63, 3.8) is 0 Å². The van der Waals surface area contributed by atoms with Gasteiger partial charge in [-0.2, -0.15) is 5.26 Å². The van der Waals surface area contributed by atoms with Crippen molar-refractivity contribution < 1.29 is 19.0 Å². The summed E-state index contributed by atoms with van der Waals surface area (Å²) in [6.45, 7) is 0. The topological polar surface area (TPSA) is 70.3 Å². The van der Waals surface area contributed by atoms with Crippen LogP contribution in [0.15, 0.2) is 36.4 Å². The van der Waals surface area contributed by atoms with Crippen LogP contribution >= 0.6 is 11.6 Å². The SMILES string of the molecule is N#Cc1ccc(Oc2ccc(C(=O)O)c(Cl)c2)c(F)c1. The Morgan fingerprint density at radius 2 is 2.05 bits per heavy atom. The number of carboxylic acids is 1. The van der Waals surface area contributed by atoms with E-state index in [4.69, 9.17) is 26.7 Å². The highest BCUT2D eigenvalue weighted by molar-refractivity contribution is 6.33. The molecule has 0 atom stereocenters. The number of halogens is 2. The lowest BCUT2D eigenvalue weighted by molar-refractivity contribution is 0.0697. The van der Waals surface area contributed by atoms with E-state index in [0.29, 0.717) is 0 Å². The van der Waals surface area contributed by atoms with Gasteiger partial charge in [-0.15, -0.1) is 0 Å². The van der Waals surface area contributed by atoms with Gasteiger partial charge in [-0.25, -0.2) is 9.18 Å². The molecule has 2 aromatic rings. The third kappa shape index (κ3) is 2.87. The highest BCUT2D eigenvalue weighted by Gasteiger charge is 2.11. The Hall–Kier alpha value is -2.58. The summed E-state index contributed by atoms with van der Waals surface area (Å²) >= 11 is 5.78. The van der Waals surface area contributed by atoms with Gasteiger partial charge in [0.2, 0.25) is 0 Å². The maximum atomic E-state index is 13.6. The van der Waals surface area contributed by atoms with Crippen molar-refractivity contribution >= 4 is 17.6 Å². The fraction of sp³-hybridized carbons (Fsp3) is 0. The maximum Gasteiger partial charge on any atom is 0.337 e. The van der Waals surface area contributed by atoms with Gasteiger partial charge in [0.15, 0.2) is 11.6 Å². The lowest BCUT2D eigenvalue weighted by atomic mass is 10.2. The Bertz CT molecular complexity index is 725. The molecule has 0 aliphatic rings. The Morgan fingerprint density at radius 1 is 1.30 bits per heavy atom. The van der Waals surface area contributed by atoms with Gasteiger partial charge in [0.25, 0.3) is 0 Å². The minimum atomic E-state index is -1.16. The van der Waals surface area contributed by atoms with Gasteiger partial charge in [0, 0.05) is 6.07 Å². The second-order valence-corrected chi connectivity index (χ2v) is 4.21. The average Bonchev–Trinajstić information content (AvgIpc) is 2.40. The number of rotatable bonds is 3.